The number of hydrogen-bond acceptors (Lipinski definition) is 5. The van der Waals surface area contributed by atoms with Gasteiger partial charge in [0.15, 0.2) is 17.5 Å². The molecule has 0 amide bonds. The third-order valence-corrected chi connectivity index (χ3v) is 14.3. The molecule has 14 rings (SSSR count). The first-order valence-electron chi connectivity index (χ1n) is 21.2. The molecule has 9 aromatic rings. The van der Waals surface area contributed by atoms with Gasteiger partial charge in [0, 0.05) is 39.1 Å². The summed E-state index contributed by atoms with van der Waals surface area (Å²) >= 11 is 0. The number of fused-ring (bicyclic) bond motifs is 6. The fourth-order valence-corrected chi connectivity index (χ4v) is 12.2. The Kier molecular flexibility index (Phi) is 7.13. The van der Waals surface area contributed by atoms with Crippen molar-refractivity contribution in [1.82, 2.24) is 19.9 Å². The van der Waals surface area contributed by atoms with Crippen LogP contribution in [0.2, 0.25) is 0 Å². The molecule has 282 valence electrons. The highest BCUT2D eigenvalue weighted by molar-refractivity contribution is 6.09. The quantitative estimate of drug-likeness (QED) is 0.175. The molecular weight excluding hydrogens is 721 g/mol. The monoisotopic (exact) mass is 760 g/mol. The van der Waals surface area contributed by atoms with Crippen LogP contribution in [0.5, 0.6) is 0 Å². The Labute approximate surface area is 342 Å². The Morgan fingerprint density at radius 3 is 1.76 bits per heavy atom. The fourth-order valence-electron chi connectivity index (χ4n) is 12.2. The van der Waals surface area contributed by atoms with E-state index in [4.69, 9.17) is 24.4 Å². The molecule has 0 atom stereocenters. The topological polar surface area (TPSA) is 64.7 Å². The van der Waals surface area contributed by atoms with Crippen LogP contribution in [0.1, 0.15) is 43.4 Å². The largest absolute Gasteiger partial charge is 0.455 e. The highest BCUT2D eigenvalue weighted by Gasteiger charge is 2.62. The van der Waals surface area contributed by atoms with Crippen molar-refractivity contribution in [2.45, 2.75) is 37.5 Å². The minimum atomic E-state index is -0.0669. The van der Waals surface area contributed by atoms with E-state index >= 15 is 0 Å². The summed E-state index contributed by atoms with van der Waals surface area (Å²) in [6.07, 6.45) is 8.64. The standard InChI is InChI=1S/C54H40N4O/c1-3-12-34(13-4-1)36-29-37(35-14-5-2-6-15-35)31-38(30-36)51-56-52(58-53(57-51)45-19-9-17-42-41-16-7-8-22-47(41)59-49(42)45)44-18-10-21-46-48(44)43-20-11-23-55-50(43)54(46)39-25-32-24-33(27-39)28-40(54)26-32/h1-23,29-33,39-40H,24-28H2. The number of furan rings is 1. The van der Waals surface area contributed by atoms with Crippen LogP contribution in [0.15, 0.2) is 162 Å². The zero-order chi connectivity index (χ0) is 38.7. The predicted octanol–water partition coefficient (Wildman–Crippen LogP) is 13.2. The predicted molar refractivity (Wildman–Crippen MR) is 235 cm³/mol. The molecule has 0 unspecified atom stereocenters. The van der Waals surface area contributed by atoms with Gasteiger partial charge in [-0.3, -0.25) is 4.98 Å². The maximum atomic E-state index is 6.62. The Hall–Kier alpha value is -6.72. The van der Waals surface area contributed by atoms with Crippen molar-refractivity contribution in [3.8, 4) is 67.5 Å². The van der Waals surface area contributed by atoms with E-state index in [1.165, 1.54) is 54.5 Å². The molecule has 5 aliphatic rings. The molecule has 4 saturated carbocycles. The van der Waals surface area contributed by atoms with Crippen molar-refractivity contribution in [2.75, 3.05) is 0 Å². The van der Waals surface area contributed by atoms with Gasteiger partial charge in [0.1, 0.15) is 11.2 Å². The second-order valence-corrected chi connectivity index (χ2v) is 17.4. The fraction of sp³-hybridized carbons (Fsp3) is 0.185. The highest BCUT2D eigenvalue weighted by atomic mass is 16.3. The molecule has 4 bridgehead atoms. The lowest BCUT2D eigenvalue weighted by Gasteiger charge is -2.60. The molecular formula is C54H40N4O. The van der Waals surface area contributed by atoms with Gasteiger partial charge in [0.05, 0.1) is 11.3 Å². The number of para-hydroxylation sites is 2. The second-order valence-electron chi connectivity index (χ2n) is 17.4. The number of hydrogen-bond donors (Lipinski definition) is 0. The SMILES string of the molecule is c1ccc(-c2cc(-c3ccccc3)cc(-c3nc(-c4cccc5c4-c4cccnc4C54C5CC6CC(C5)CC4C6)nc(-c4cccc5c4oc4ccccc45)n3)c2)cc1. The van der Waals surface area contributed by atoms with Gasteiger partial charge in [0.25, 0.3) is 0 Å². The lowest BCUT2D eigenvalue weighted by molar-refractivity contribution is -0.0415. The molecule has 59 heavy (non-hydrogen) atoms. The van der Waals surface area contributed by atoms with Crippen molar-refractivity contribution in [3.05, 3.63) is 169 Å². The van der Waals surface area contributed by atoms with Crippen molar-refractivity contribution in [1.29, 1.82) is 0 Å². The van der Waals surface area contributed by atoms with Crippen LogP contribution in [-0.2, 0) is 5.41 Å². The number of nitrogens with zero attached hydrogens (tertiary/aromatic N) is 4. The first kappa shape index (κ1) is 33.3. The second kappa shape index (κ2) is 12.6. The maximum absolute atomic E-state index is 6.62. The molecule has 5 nitrogen and oxygen atoms in total. The van der Waals surface area contributed by atoms with E-state index in [9.17, 15) is 0 Å². The van der Waals surface area contributed by atoms with E-state index < -0.39 is 0 Å². The highest BCUT2D eigenvalue weighted by Crippen LogP contribution is 2.69. The van der Waals surface area contributed by atoms with Crippen molar-refractivity contribution in [3.63, 3.8) is 0 Å². The third kappa shape index (κ3) is 4.91. The van der Waals surface area contributed by atoms with Gasteiger partial charge in [-0.1, -0.05) is 115 Å². The minimum absolute atomic E-state index is 0.0669. The molecule has 3 heterocycles. The zero-order valence-corrected chi connectivity index (χ0v) is 32.6. The molecule has 0 N–H and O–H groups in total. The number of pyridine rings is 1. The van der Waals surface area contributed by atoms with Crippen LogP contribution < -0.4 is 0 Å². The number of aromatic nitrogens is 4. The van der Waals surface area contributed by atoms with Gasteiger partial charge < -0.3 is 4.42 Å². The summed E-state index contributed by atoms with van der Waals surface area (Å²) in [5, 5.41) is 2.12. The van der Waals surface area contributed by atoms with Crippen LogP contribution >= 0.6 is 0 Å². The van der Waals surface area contributed by atoms with Gasteiger partial charge in [0.2, 0.25) is 0 Å². The normalized spacial score (nSPS) is 22.3. The van der Waals surface area contributed by atoms with Gasteiger partial charge in [-0.15, -0.1) is 0 Å². The molecule has 4 fully saturated rings. The molecule has 5 heteroatoms. The third-order valence-electron chi connectivity index (χ3n) is 14.3. The molecule has 0 saturated heterocycles. The van der Waals surface area contributed by atoms with E-state index in [0.717, 1.165) is 72.7 Å². The van der Waals surface area contributed by atoms with E-state index in [0.29, 0.717) is 29.3 Å². The zero-order valence-electron chi connectivity index (χ0n) is 32.6. The van der Waals surface area contributed by atoms with Crippen molar-refractivity contribution < 1.29 is 4.42 Å². The van der Waals surface area contributed by atoms with Crippen LogP contribution in [0, 0.1) is 23.7 Å². The summed E-state index contributed by atoms with van der Waals surface area (Å²) in [5.41, 5.74) is 14.0. The van der Waals surface area contributed by atoms with Crippen LogP contribution in [0.4, 0.5) is 0 Å². The lowest BCUT2D eigenvalue weighted by Crippen LogP contribution is -2.55. The number of benzene rings is 6. The van der Waals surface area contributed by atoms with E-state index in [-0.39, 0.29) is 5.41 Å². The molecule has 3 aromatic heterocycles. The van der Waals surface area contributed by atoms with E-state index in [1.807, 2.05) is 18.3 Å². The maximum Gasteiger partial charge on any atom is 0.167 e. The lowest BCUT2D eigenvalue weighted by atomic mass is 9.43. The molecule has 5 aliphatic carbocycles. The summed E-state index contributed by atoms with van der Waals surface area (Å²) in [6.45, 7) is 0. The Balaban J connectivity index is 1.08. The minimum Gasteiger partial charge on any atom is -0.455 e. The van der Waals surface area contributed by atoms with Gasteiger partial charge in [-0.05, 0) is 126 Å². The van der Waals surface area contributed by atoms with Crippen LogP contribution in [0.25, 0.3) is 89.5 Å². The molecule has 6 aromatic carbocycles. The molecule has 1 spiro atoms. The first-order valence-corrected chi connectivity index (χ1v) is 21.2. The Bertz CT molecular complexity index is 3050. The average Bonchev–Trinajstić information content (AvgIpc) is 3.82. The summed E-state index contributed by atoms with van der Waals surface area (Å²) in [6, 6.07) is 53.7. The smallest absolute Gasteiger partial charge is 0.167 e. The van der Waals surface area contributed by atoms with E-state index in [1.54, 1.807) is 0 Å². The summed E-state index contributed by atoms with van der Waals surface area (Å²) in [4.78, 5) is 21.6. The average molecular weight is 761 g/mol. The van der Waals surface area contributed by atoms with Crippen molar-refractivity contribution >= 4 is 21.9 Å². The Morgan fingerprint density at radius 1 is 0.458 bits per heavy atom. The van der Waals surface area contributed by atoms with Crippen molar-refractivity contribution in [2.24, 2.45) is 23.7 Å². The van der Waals surface area contributed by atoms with Crippen LogP contribution in [0.3, 0.4) is 0 Å². The first-order chi connectivity index (χ1) is 29.2. The van der Waals surface area contributed by atoms with Crippen LogP contribution in [-0.4, -0.2) is 19.9 Å². The van der Waals surface area contributed by atoms with Gasteiger partial charge >= 0.3 is 0 Å². The van der Waals surface area contributed by atoms with Gasteiger partial charge in [-0.25, -0.2) is 15.0 Å². The molecule has 0 aliphatic heterocycles. The molecule has 0 radical (unpaired) electrons. The van der Waals surface area contributed by atoms with Gasteiger partial charge in [-0.2, -0.15) is 0 Å². The Morgan fingerprint density at radius 2 is 1.03 bits per heavy atom. The number of rotatable bonds is 5. The summed E-state index contributed by atoms with van der Waals surface area (Å²) in [7, 11) is 0. The van der Waals surface area contributed by atoms with E-state index in [2.05, 4.69) is 140 Å². The summed E-state index contributed by atoms with van der Waals surface area (Å²) < 4.78 is 6.62. The summed E-state index contributed by atoms with van der Waals surface area (Å²) in [5.74, 6) is 4.80.